The van der Waals surface area contributed by atoms with E-state index in [1.165, 1.54) is 33.5 Å². The number of methoxy groups -OCH3 is 3. The largest absolute Gasteiger partial charge is 0.497 e. The summed E-state index contributed by atoms with van der Waals surface area (Å²) in [5, 5.41) is 2.63. The number of hydrogen-bond acceptors (Lipinski definition) is 6. The molecule has 8 nitrogen and oxygen atoms in total. The molecule has 0 aromatic heterocycles. The average Bonchev–Trinajstić information content (AvgIpc) is 2.72. The molecule has 28 heavy (non-hydrogen) atoms. The highest BCUT2D eigenvalue weighted by atomic mass is 32.2. The second-order valence-electron chi connectivity index (χ2n) is 5.70. The van der Waals surface area contributed by atoms with E-state index in [0.717, 1.165) is 4.31 Å². The minimum atomic E-state index is -4.03. The number of hydrogen-bond donors (Lipinski definition) is 1. The third kappa shape index (κ3) is 5.14. The molecule has 0 aliphatic rings. The first-order valence-electron chi connectivity index (χ1n) is 8.49. The fraction of sp³-hybridized carbons (Fsp3) is 0.316. The van der Waals surface area contributed by atoms with Crippen molar-refractivity contribution in [1.82, 2.24) is 5.32 Å². The van der Waals surface area contributed by atoms with Gasteiger partial charge in [0.2, 0.25) is 5.91 Å². The maximum Gasteiger partial charge on any atom is 0.264 e. The highest BCUT2D eigenvalue weighted by Crippen LogP contribution is 2.32. The average molecular weight is 408 g/mol. The van der Waals surface area contributed by atoms with E-state index in [2.05, 4.69) is 5.32 Å². The van der Waals surface area contributed by atoms with Crippen LogP contribution >= 0.6 is 0 Å². The maximum absolute atomic E-state index is 13.3. The predicted molar refractivity (Wildman–Crippen MR) is 105 cm³/mol. The Balaban J connectivity index is 2.42. The minimum Gasteiger partial charge on any atom is -0.497 e. The highest BCUT2D eigenvalue weighted by Gasteiger charge is 2.29. The summed E-state index contributed by atoms with van der Waals surface area (Å²) in [6.45, 7) is 0.196. The molecule has 0 bridgehead atoms. The quantitative estimate of drug-likeness (QED) is 0.601. The van der Waals surface area contributed by atoms with Crippen LogP contribution in [0, 0.1) is 0 Å². The van der Waals surface area contributed by atoms with Crippen molar-refractivity contribution in [2.75, 3.05) is 45.3 Å². The molecule has 0 saturated carbocycles. The minimum absolute atomic E-state index is 0.0314. The molecule has 0 heterocycles. The van der Waals surface area contributed by atoms with Gasteiger partial charge in [-0.3, -0.25) is 9.10 Å². The van der Waals surface area contributed by atoms with Crippen molar-refractivity contribution >= 4 is 21.6 Å². The number of nitrogens with one attached hydrogen (secondary N) is 1. The summed E-state index contributed by atoms with van der Waals surface area (Å²) < 4.78 is 42.9. The smallest absolute Gasteiger partial charge is 0.264 e. The molecule has 0 aliphatic carbocycles. The lowest BCUT2D eigenvalue weighted by Crippen LogP contribution is -2.41. The number of nitrogens with zero attached hydrogens (tertiary/aromatic N) is 1. The van der Waals surface area contributed by atoms with E-state index in [0.29, 0.717) is 18.1 Å². The second kappa shape index (κ2) is 9.95. The van der Waals surface area contributed by atoms with Gasteiger partial charge in [0.15, 0.2) is 0 Å². The van der Waals surface area contributed by atoms with Crippen molar-refractivity contribution in [3.05, 3.63) is 48.5 Å². The van der Waals surface area contributed by atoms with Crippen LogP contribution in [-0.4, -0.2) is 55.4 Å². The number of sulfonamides is 1. The molecule has 1 N–H and O–H groups in total. The van der Waals surface area contributed by atoms with E-state index in [9.17, 15) is 13.2 Å². The molecule has 0 radical (unpaired) electrons. The molecule has 0 fully saturated rings. The van der Waals surface area contributed by atoms with Gasteiger partial charge in [-0.1, -0.05) is 12.1 Å². The van der Waals surface area contributed by atoms with Gasteiger partial charge < -0.3 is 19.5 Å². The van der Waals surface area contributed by atoms with E-state index in [1.54, 1.807) is 36.4 Å². The molecule has 0 unspecified atom stereocenters. The first kappa shape index (κ1) is 21.5. The highest BCUT2D eigenvalue weighted by molar-refractivity contribution is 7.92. The fourth-order valence-electron chi connectivity index (χ4n) is 2.49. The monoisotopic (exact) mass is 408 g/mol. The van der Waals surface area contributed by atoms with Crippen molar-refractivity contribution in [3.63, 3.8) is 0 Å². The standard InChI is InChI=1S/C19H24N2O6S/c1-25-13-12-20-19(22)14-21(17-6-4-5-7-18(17)27-3)28(23,24)16-10-8-15(26-2)9-11-16/h4-11H,12-14H2,1-3H3,(H,20,22). The lowest BCUT2D eigenvalue weighted by atomic mass is 10.3. The molecule has 9 heteroatoms. The van der Waals surface area contributed by atoms with Crippen LogP contribution in [0.25, 0.3) is 0 Å². The van der Waals surface area contributed by atoms with Crippen LogP contribution in [0.4, 0.5) is 5.69 Å². The number of carbonyl (C=O) groups excluding carboxylic acids is 1. The molecule has 152 valence electrons. The Hall–Kier alpha value is -2.78. The van der Waals surface area contributed by atoms with Crippen LogP contribution in [-0.2, 0) is 19.6 Å². The number of amides is 1. The van der Waals surface area contributed by atoms with Gasteiger partial charge in [-0.15, -0.1) is 0 Å². The van der Waals surface area contributed by atoms with Crippen molar-refractivity contribution in [2.24, 2.45) is 0 Å². The van der Waals surface area contributed by atoms with Crippen molar-refractivity contribution < 1.29 is 27.4 Å². The summed E-state index contributed by atoms with van der Waals surface area (Å²) in [5.74, 6) is 0.407. The topological polar surface area (TPSA) is 94.2 Å². The van der Waals surface area contributed by atoms with Crippen molar-refractivity contribution in [1.29, 1.82) is 0 Å². The van der Waals surface area contributed by atoms with Crippen LogP contribution in [0.15, 0.2) is 53.4 Å². The van der Waals surface area contributed by atoms with Crippen LogP contribution in [0.3, 0.4) is 0 Å². The lowest BCUT2D eigenvalue weighted by Gasteiger charge is -2.25. The SMILES string of the molecule is COCCNC(=O)CN(c1ccccc1OC)S(=O)(=O)c1ccc(OC)cc1. The summed E-state index contributed by atoms with van der Waals surface area (Å²) in [6.07, 6.45) is 0. The molecule has 0 aliphatic heterocycles. The van der Waals surface area contributed by atoms with E-state index in [4.69, 9.17) is 14.2 Å². The number of benzene rings is 2. The van der Waals surface area contributed by atoms with Gasteiger partial charge in [-0.25, -0.2) is 8.42 Å². The first-order chi connectivity index (χ1) is 13.4. The van der Waals surface area contributed by atoms with Crippen molar-refractivity contribution in [2.45, 2.75) is 4.90 Å². The van der Waals surface area contributed by atoms with E-state index in [-0.39, 0.29) is 17.1 Å². The van der Waals surface area contributed by atoms with Gasteiger partial charge in [0.1, 0.15) is 18.0 Å². The van der Waals surface area contributed by atoms with Gasteiger partial charge >= 0.3 is 0 Å². The van der Waals surface area contributed by atoms with E-state index in [1.807, 2.05) is 0 Å². The predicted octanol–water partition coefficient (Wildman–Crippen LogP) is 1.66. The second-order valence-corrected chi connectivity index (χ2v) is 7.56. The molecule has 1 amide bonds. The third-order valence-electron chi connectivity index (χ3n) is 3.92. The molecular formula is C19H24N2O6S. The fourth-order valence-corrected chi connectivity index (χ4v) is 3.92. The number of rotatable bonds is 10. The van der Waals surface area contributed by atoms with Gasteiger partial charge in [0.05, 0.1) is 31.4 Å². The van der Waals surface area contributed by atoms with Crippen LogP contribution in [0.2, 0.25) is 0 Å². The normalized spacial score (nSPS) is 11.0. The van der Waals surface area contributed by atoms with Gasteiger partial charge in [0, 0.05) is 13.7 Å². The lowest BCUT2D eigenvalue weighted by molar-refractivity contribution is -0.119. The van der Waals surface area contributed by atoms with Crippen LogP contribution in [0.1, 0.15) is 0 Å². The zero-order valence-corrected chi connectivity index (χ0v) is 16.9. The Morgan fingerprint density at radius 2 is 1.68 bits per heavy atom. The van der Waals surface area contributed by atoms with Crippen LogP contribution < -0.4 is 19.1 Å². The Labute approximate surface area is 165 Å². The van der Waals surface area contributed by atoms with Crippen molar-refractivity contribution in [3.8, 4) is 11.5 Å². The Kier molecular flexibility index (Phi) is 7.65. The zero-order valence-electron chi connectivity index (χ0n) is 16.0. The van der Waals surface area contributed by atoms with Gasteiger partial charge in [-0.2, -0.15) is 0 Å². The van der Waals surface area contributed by atoms with E-state index >= 15 is 0 Å². The molecule has 2 rings (SSSR count). The van der Waals surface area contributed by atoms with Crippen LogP contribution in [0.5, 0.6) is 11.5 Å². The number of anilines is 1. The number of ether oxygens (including phenoxy) is 3. The molecule has 0 saturated heterocycles. The molecule has 2 aromatic rings. The Bertz CT molecular complexity index is 884. The summed E-state index contributed by atoms with van der Waals surface area (Å²) in [7, 11) is 0.419. The third-order valence-corrected chi connectivity index (χ3v) is 5.69. The Morgan fingerprint density at radius 3 is 2.29 bits per heavy atom. The number of carbonyl (C=O) groups is 1. The van der Waals surface area contributed by atoms with Gasteiger partial charge in [0.25, 0.3) is 10.0 Å². The van der Waals surface area contributed by atoms with E-state index < -0.39 is 22.5 Å². The first-order valence-corrected chi connectivity index (χ1v) is 9.93. The molecular weight excluding hydrogens is 384 g/mol. The summed E-state index contributed by atoms with van der Waals surface area (Å²) in [5.41, 5.74) is 0.266. The summed E-state index contributed by atoms with van der Waals surface area (Å²) in [4.78, 5) is 12.4. The molecule has 2 aromatic carbocycles. The maximum atomic E-state index is 13.3. The summed E-state index contributed by atoms with van der Waals surface area (Å²) >= 11 is 0. The summed E-state index contributed by atoms with van der Waals surface area (Å²) in [6, 6.07) is 12.6. The zero-order chi connectivity index (χ0) is 20.6. The molecule has 0 spiro atoms. The Morgan fingerprint density at radius 1 is 1.00 bits per heavy atom. The number of para-hydroxylation sites is 2. The van der Waals surface area contributed by atoms with Gasteiger partial charge in [-0.05, 0) is 36.4 Å². The molecule has 0 atom stereocenters.